The molecule has 0 bridgehead atoms. The lowest BCUT2D eigenvalue weighted by Crippen LogP contribution is -2.36. The molecule has 0 spiro atoms. The molecule has 3 aromatic rings. The highest BCUT2D eigenvalue weighted by atomic mass is 19.1. The van der Waals surface area contributed by atoms with E-state index in [0.29, 0.717) is 16.8 Å². The Kier molecular flexibility index (Phi) is 3.98. The predicted octanol–water partition coefficient (Wildman–Crippen LogP) is 2.86. The largest absolute Gasteiger partial charge is 0.316 e. The van der Waals surface area contributed by atoms with E-state index in [4.69, 9.17) is 0 Å². The first kappa shape index (κ1) is 15.2. The molecule has 2 heterocycles. The Bertz CT molecular complexity index is 853. The Labute approximate surface area is 139 Å². The molecule has 24 heavy (non-hydrogen) atoms. The van der Waals surface area contributed by atoms with Crippen LogP contribution in [0.3, 0.4) is 0 Å². The first-order valence-corrected chi connectivity index (χ1v) is 8.38. The summed E-state index contributed by atoms with van der Waals surface area (Å²) in [5.41, 5.74) is 0.639. The van der Waals surface area contributed by atoms with Crippen LogP contribution in [-0.2, 0) is 0 Å². The van der Waals surface area contributed by atoms with Gasteiger partial charge in [0.25, 0.3) is 0 Å². The molecule has 2 atom stereocenters. The number of piperidine rings is 1. The molecule has 1 aromatic heterocycles. The minimum atomic E-state index is -0.247. The Morgan fingerprint density at radius 1 is 1.25 bits per heavy atom. The summed E-state index contributed by atoms with van der Waals surface area (Å²) >= 11 is 0. The average Bonchev–Trinajstić information content (AvgIpc) is 3.04. The van der Waals surface area contributed by atoms with Crippen LogP contribution in [0.5, 0.6) is 0 Å². The monoisotopic (exact) mass is 325 g/mol. The molecule has 124 valence electrons. The number of nitrogens with one attached hydrogen (secondary N) is 1. The van der Waals surface area contributed by atoms with Crippen molar-refractivity contribution in [3.8, 4) is 0 Å². The van der Waals surface area contributed by atoms with Crippen molar-refractivity contribution in [3.63, 3.8) is 0 Å². The quantitative estimate of drug-likeness (QED) is 0.804. The molecule has 0 aliphatic carbocycles. The van der Waals surface area contributed by atoms with Gasteiger partial charge in [-0.1, -0.05) is 36.4 Å². The number of nitrogens with zero attached hydrogens (tertiary/aromatic N) is 4. The average molecular weight is 325 g/mol. The summed E-state index contributed by atoms with van der Waals surface area (Å²) in [7, 11) is 0. The van der Waals surface area contributed by atoms with Gasteiger partial charge in [0.15, 0.2) is 5.82 Å². The Hall–Kier alpha value is -2.34. The summed E-state index contributed by atoms with van der Waals surface area (Å²) in [6, 6.07) is 11.1. The van der Waals surface area contributed by atoms with Crippen LogP contribution in [0.15, 0.2) is 36.4 Å². The van der Waals surface area contributed by atoms with E-state index in [1.54, 1.807) is 11.7 Å². The maximum Gasteiger partial charge on any atom is 0.171 e. The molecule has 1 N–H and O–H groups in total. The second-order valence-electron chi connectivity index (χ2n) is 6.40. The van der Waals surface area contributed by atoms with Gasteiger partial charge < -0.3 is 5.32 Å². The number of aryl methyl sites for hydroxylation is 1. The summed E-state index contributed by atoms with van der Waals surface area (Å²) in [6.45, 7) is 3.64. The molecule has 6 heteroatoms. The van der Waals surface area contributed by atoms with E-state index in [0.717, 1.165) is 31.3 Å². The van der Waals surface area contributed by atoms with Gasteiger partial charge in [0, 0.05) is 17.5 Å². The molecule has 0 radical (unpaired) electrons. The van der Waals surface area contributed by atoms with Crippen molar-refractivity contribution in [2.75, 3.05) is 13.1 Å². The van der Waals surface area contributed by atoms with Crippen molar-refractivity contribution >= 4 is 10.8 Å². The number of halogens is 1. The molecule has 4 rings (SSSR count). The van der Waals surface area contributed by atoms with E-state index >= 15 is 4.39 Å². The van der Waals surface area contributed by atoms with Crippen LogP contribution in [-0.4, -0.2) is 33.3 Å². The molecule has 0 saturated carbocycles. The van der Waals surface area contributed by atoms with E-state index in [1.807, 2.05) is 36.4 Å². The van der Waals surface area contributed by atoms with E-state index in [9.17, 15) is 0 Å². The standard InChI is InChI=1S/C18H20FN5/c1-12-21-23-24(22-12)18(14-6-4-10-20-11-14)16-9-8-13-5-2-3-7-15(13)17(16)19/h2-3,5,7-9,14,18,20H,4,6,10-11H2,1H3/t14-,18-/m1/s1. The Morgan fingerprint density at radius 2 is 2.12 bits per heavy atom. The number of benzene rings is 2. The third-order valence-corrected chi connectivity index (χ3v) is 4.77. The van der Waals surface area contributed by atoms with E-state index in [2.05, 4.69) is 20.7 Å². The molecule has 1 fully saturated rings. The van der Waals surface area contributed by atoms with Crippen molar-refractivity contribution in [2.24, 2.45) is 5.92 Å². The fraction of sp³-hybridized carbons (Fsp3) is 0.389. The minimum Gasteiger partial charge on any atom is -0.316 e. The summed E-state index contributed by atoms with van der Waals surface area (Å²) in [4.78, 5) is 1.58. The molecule has 1 aliphatic heterocycles. The van der Waals surface area contributed by atoms with Crippen molar-refractivity contribution in [1.29, 1.82) is 0 Å². The molecule has 1 aliphatic rings. The van der Waals surface area contributed by atoms with Crippen molar-refractivity contribution < 1.29 is 4.39 Å². The van der Waals surface area contributed by atoms with Gasteiger partial charge in [0.1, 0.15) is 11.9 Å². The highest BCUT2D eigenvalue weighted by molar-refractivity contribution is 5.83. The fourth-order valence-corrected chi connectivity index (χ4v) is 3.61. The lowest BCUT2D eigenvalue weighted by molar-refractivity contribution is 0.256. The van der Waals surface area contributed by atoms with Crippen LogP contribution < -0.4 is 5.32 Å². The number of aromatic nitrogens is 4. The second-order valence-corrected chi connectivity index (χ2v) is 6.40. The fourth-order valence-electron chi connectivity index (χ4n) is 3.61. The van der Waals surface area contributed by atoms with Crippen LogP contribution in [0.25, 0.3) is 10.8 Å². The van der Waals surface area contributed by atoms with Gasteiger partial charge in [0.05, 0.1) is 0 Å². The smallest absolute Gasteiger partial charge is 0.171 e. The van der Waals surface area contributed by atoms with Gasteiger partial charge in [-0.3, -0.25) is 0 Å². The molecular formula is C18H20FN5. The van der Waals surface area contributed by atoms with Gasteiger partial charge in [-0.25, -0.2) is 4.39 Å². The Morgan fingerprint density at radius 3 is 2.88 bits per heavy atom. The first-order chi connectivity index (χ1) is 11.7. The van der Waals surface area contributed by atoms with E-state index in [-0.39, 0.29) is 17.8 Å². The van der Waals surface area contributed by atoms with Crippen LogP contribution in [0.1, 0.15) is 30.3 Å². The van der Waals surface area contributed by atoms with Crippen LogP contribution in [0.4, 0.5) is 4.39 Å². The van der Waals surface area contributed by atoms with Crippen molar-refractivity contribution in [1.82, 2.24) is 25.5 Å². The molecule has 0 amide bonds. The summed E-state index contributed by atoms with van der Waals surface area (Å²) in [5, 5.41) is 17.5. The highest BCUT2D eigenvalue weighted by Crippen LogP contribution is 2.34. The van der Waals surface area contributed by atoms with Gasteiger partial charge in [-0.2, -0.15) is 4.80 Å². The lowest BCUT2D eigenvalue weighted by atomic mass is 9.86. The van der Waals surface area contributed by atoms with Crippen molar-refractivity contribution in [2.45, 2.75) is 25.8 Å². The lowest BCUT2D eigenvalue weighted by Gasteiger charge is -2.30. The molecular weight excluding hydrogens is 305 g/mol. The van der Waals surface area contributed by atoms with Crippen LogP contribution in [0, 0.1) is 18.7 Å². The molecule has 2 aromatic carbocycles. The normalized spacial score (nSPS) is 19.5. The highest BCUT2D eigenvalue weighted by Gasteiger charge is 2.31. The zero-order valence-electron chi connectivity index (χ0n) is 13.6. The van der Waals surface area contributed by atoms with Gasteiger partial charge in [-0.15, -0.1) is 10.2 Å². The summed E-state index contributed by atoms with van der Waals surface area (Å²) in [6.07, 6.45) is 2.09. The van der Waals surface area contributed by atoms with Crippen LogP contribution >= 0.6 is 0 Å². The third kappa shape index (κ3) is 2.67. The van der Waals surface area contributed by atoms with Crippen LogP contribution in [0.2, 0.25) is 0 Å². The molecule has 0 unspecified atom stereocenters. The Balaban J connectivity index is 1.85. The molecule has 5 nitrogen and oxygen atoms in total. The number of hydrogen-bond acceptors (Lipinski definition) is 4. The third-order valence-electron chi connectivity index (χ3n) is 4.77. The van der Waals surface area contributed by atoms with E-state index in [1.165, 1.54) is 0 Å². The van der Waals surface area contributed by atoms with E-state index < -0.39 is 0 Å². The summed E-state index contributed by atoms with van der Waals surface area (Å²) in [5.74, 6) is 0.659. The minimum absolute atomic E-state index is 0.182. The zero-order valence-corrected chi connectivity index (χ0v) is 13.6. The second kappa shape index (κ2) is 6.28. The number of rotatable bonds is 3. The zero-order chi connectivity index (χ0) is 16.5. The molecule has 1 saturated heterocycles. The number of tetrazole rings is 1. The van der Waals surface area contributed by atoms with Gasteiger partial charge >= 0.3 is 0 Å². The number of hydrogen-bond donors (Lipinski definition) is 1. The number of fused-ring (bicyclic) bond motifs is 1. The van der Waals surface area contributed by atoms with Gasteiger partial charge in [0.2, 0.25) is 0 Å². The van der Waals surface area contributed by atoms with Gasteiger partial charge in [-0.05, 0) is 42.8 Å². The van der Waals surface area contributed by atoms with Crippen molar-refractivity contribution in [3.05, 3.63) is 53.6 Å². The maximum absolute atomic E-state index is 15.3. The summed E-state index contributed by atoms with van der Waals surface area (Å²) < 4.78 is 15.3. The SMILES string of the molecule is Cc1nnn([C@@H](c2ccc3ccccc3c2F)[C@@H]2CCCNC2)n1. The maximum atomic E-state index is 15.3. The first-order valence-electron chi connectivity index (χ1n) is 8.38. The topological polar surface area (TPSA) is 55.6 Å². The predicted molar refractivity (Wildman–Crippen MR) is 90.2 cm³/mol.